The summed E-state index contributed by atoms with van der Waals surface area (Å²) in [5.74, 6) is 2.00. The monoisotopic (exact) mass is 457 g/mol. The number of ether oxygens (including phenoxy) is 2. The first-order valence-corrected chi connectivity index (χ1v) is 11.6. The fourth-order valence-corrected chi connectivity index (χ4v) is 4.75. The van der Waals surface area contributed by atoms with Crippen molar-refractivity contribution in [3.63, 3.8) is 0 Å². The number of hydrogen-bond acceptors (Lipinski definition) is 6. The van der Waals surface area contributed by atoms with Gasteiger partial charge in [-0.3, -0.25) is 14.9 Å². The van der Waals surface area contributed by atoms with E-state index in [0.29, 0.717) is 25.2 Å². The number of phenolic OH excluding ortho intramolecular Hbond substituents is 1. The second-order valence-corrected chi connectivity index (χ2v) is 10.1. The second kappa shape index (κ2) is 9.86. The quantitative estimate of drug-likeness (QED) is 0.569. The van der Waals surface area contributed by atoms with Gasteiger partial charge in [-0.15, -0.1) is 0 Å². The average molecular weight is 458 g/mol. The molecule has 3 rings (SSSR count). The van der Waals surface area contributed by atoms with Crippen LogP contribution in [0, 0.1) is 20.8 Å². The van der Waals surface area contributed by atoms with Gasteiger partial charge in [-0.1, -0.05) is 30.8 Å². The molecule has 7 heteroatoms. The van der Waals surface area contributed by atoms with E-state index in [9.17, 15) is 14.7 Å². The first kappa shape index (κ1) is 24.0. The Balaban J connectivity index is 1.60. The lowest BCUT2D eigenvalue weighted by Gasteiger charge is -2.37. The summed E-state index contributed by atoms with van der Waals surface area (Å²) in [5.41, 5.74) is 4.46. The van der Waals surface area contributed by atoms with Crippen LogP contribution >= 0.6 is 11.8 Å². The fraction of sp³-hybridized carbons (Fsp3) is 0.440. The molecule has 32 heavy (non-hydrogen) atoms. The van der Waals surface area contributed by atoms with Gasteiger partial charge in [-0.2, -0.15) is 0 Å². The van der Waals surface area contributed by atoms with Gasteiger partial charge in [-0.05, 0) is 81.3 Å². The summed E-state index contributed by atoms with van der Waals surface area (Å²) in [6, 6.07) is 7.83. The molecule has 2 unspecified atom stereocenters. The molecule has 6 nitrogen and oxygen atoms in total. The molecule has 0 saturated heterocycles. The van der Waals surface area contributed by atoms with Gasteiger partial charge in [0, 0.05) is 10.8 Å². The van der Waals surface area contributed by atoms with Gasteiger partial charge in [0.1, 0.15) is 29.5 Å². The van der Waals surface area contributed by atoms with E-state index in [4.69, 9.17) is 9.47 Å². The first-order valence-electron chi connectivity index (χ1n) is 10.8. The minimum atomic E-state index is -0.455. The molecular weight excluding hydrogens is 426 g/mol. The molecule has 1 heterocycles. The van der Waals surface area contributed by atoms with Crippen LogP contribution in [-0.4, -0.2) is 34.2 Å². The zero-order chi connectivity index (χ0) is 23.5. The smallest absolute Gasteiger partial charge is 0.285 e. The van der Waals surface area contributed by atoms with E-state index in [1.807, 2.05) is 52.0 Å². The Morgan fingerprint density at radius 1 is 1.25 bits per heavy atom. The SMILES string of the molecule is Cc1c(C)c2c(c(C)c1O)CCC(C)(COc1ccc(CC(C)SC(=O)NC=O)cc1)O2. The van der Waals surface area contributed by atoms with Gasteiger partial charge in [0.2, 0.25) is 6.41 Å². The number of carbonyl (C=O) groups is 2. The van der Waals surface area contributed by atoms with Gasteiger partial charge >= 0.3 is 0 Å². The Hall–Kier alpha value is -2.67. The molecule has 2 N–H and O–H groups in total. The minimum absolute atomic E-state index is 0.0472. The summed E-state index contributed by atoms with van der Waals surface area (Å²) >= 11 is 1.11. The third-order valence-electron chi connectivity index (χ3n) is 6.07. The van der Waals surface area contributed by atoms with E-state index in [2.05, 4.69) is 12.2 Å². The van der Waals surface area contributed by atoms with Gasteiger partial charge in [0.25, 0.3) is 5.24 Å². The third kappa shape index (κ3) is 5.38. The van der Waals surface area contributed by atoms with Gasteiger partial charge in [-0.25, -0.2) is 0 Å². The second-order valence-electron chi connectivity index (χ2n) is 8.70. The Bertz CT molecular complexity index is 1000. The molecule has 2 aromatic carbocycles. The maximum Gasteiger partial charge on any atom is 0.285 e. The predicted molar refractivity (Wildman–Crippen MR) is 127 cm³/mol. The molecule has 2 atom stereocenters. The van der Waals surface area contributed by atoms with Crippen LogP contribution in [-0.2, 0) is 17.6 Å². The highest BCUT2D eigenvalue weighted by atomic mass is 32.2. The van der Waals surface area contributed by atoms with E-state index < -0.39 is 5.60 Å². The fourth-order valence-electron chi connectivity index (χ4n) is 3.99. The number of fused-ring (bicyclic) bond motifs is 1. The molecule has 0 fully saturated rings. The van der Waals surface area contributed by atoms with Gasteiger partial charge in [0.15, 0.2) is 0 Å². The summed E-state index contributed by atoms with van der Waals surface area (Å²) in [4.78, 5) is 21.8. The lowest BCUT2D eigenvalue weighted by atomic mass is 9.87. The summed E-state index contributed by atoms with van der Waals surface area (Å²) in [6.45, 7) is 10.3. The molecule has 0 bridgehead atoms. The van der Waals surface area contributed by atoms with E-state index in [1.54, 1.807) is 0 Å². The highest BCUT2D eigenvalue weighted by molar-refractivity contribution is 8.14. The number of amides is 2. The predicted octanol–water partition coefficient (Wildman–Crippen LogP) is 5.01. The molecular formula is C25H31NO5S. The molecule has 1 aliphatic heterocycles. The van der Waals surface area contributed by atoms with E-state index in [1.165, 1.54) is 0 Å². The van der Waals surface area contributed by atoms with Crippen molar-refractivity contribution in [3.8, 4) is 17.2 Å². The summed E-state index contributed by atoms with van der Waals surface area (Å²) in [5, 5.41) is 12.2. The average Bonchev–Trinajstić information content (AvgIpc) is 2.76. The Kier molecular flexibility index (Phi) is 7.39. The van der Waals surface area contributed by atoms with Crippen LogP contribution in [0.25, 0.3) is 0 Å². The van der Waals surface area contributed by atoms with Crippen LogP contribution in [0.5, 0.6) is 17.2 Å². The molecule has 1 aliphatic rings. The number of rotatable bonds is 7. The van der Waals surface area contributed by atoms with Crippen molar-refractivity contribution in [2.45, 2.75) is 64.7 Å². The van der Waals surface area contributed by atoms with Gasteiger partial charge in [0.05, 0.1) is 0 Å². The van der Waals surface area contributed by atoms with Crippen molar-refractivity contribution >= 4 is 23.4 Å². The molecule has 0 saturated carbocycles. The van der Waals surface area contributed by atoms with Crippen molar-refractivity contribution in [1.82, 2.24) is 5.32 Å². The number of benzene rings is 2. The van der Waals surface area contributed by atoms with Crippen molar-refractivity contribution in [3.05, 3.63) is 52.1 Å². The summed E-state index contributed by atoms with van der Waals surface area (Å²) < 4.78 is 12.5. The van der Waals surface area contributed by atoms with Gasteiger partial charge < -0.3 is 14.6 Å². The highest BCUT2D eigenvalue weighted by Crippen LogP contribution is 2.43. The maximum absolute atomic E-state index is 11.5. The molecule has 2 aromatic rings. The highest BCUT2D eigenvalue weighted by Gasteiger charge is 2.35. The maximum atomic E-state index is 11.5. The number of imide groups is 1. The number of phenols is 1. The lowest BCUT2D eigenvalue weighted by Crippen LogP contribution is -2.42. The van der Waals surface area contributed by atoms with Crippen LogP contribution in [0.3, 0.4) is 0 Å². The Morgan fingerprint density at radius 3 is 2.59 bits per heavy atom. The summed E-state index contributed by atoms with van der Waals surface area (Å²) in [6.07, 6.45) is 2.75. The number of thioether (sulfide) groups is 1. The largest absolute Gasteiger partial charge is 0.507 e. The minimum Gasteiger partial charge on any atom is -0.507 e. The topological polar surface area (TPSA) is 84.9 Å². The van der Waals surface area contributed by atoms with E-state index in [-0.39, 0.29) is 10.5 Å². The number of carbonyl (C=O) groups excluding carboxylic acids is 2. The van der Waals surface area contributed by atoms with Crippen LogP contribution in [0.2, 0.25) is 0 Å². The zero-order valence-electron chi connectivity index (χ0n) is 19.3. The summed E-state index contributed by atoms with van der Waals surface area (Å²) in [7, 11) is 0. The van der Waals surface area contributed by atoms with Crippen molar-refractivity contribution in [2.24, 2.45) is 0 Å². The van der Waals surface area contributed by atoms with E-state index >= 15 is 0 Å². The van der Waals surface area contributed by atoms with Crippen LogP contribution in [0.1, 0.15) is 48.1 Å². The lowest BCUT2D eigenvalue weighted by molar-refractivity contribution is -0.108. The Morgan fingerprint density at radius 2 is 1.94 bits per heavy atom. The number of hydrogen-bond donors (Lipinski definition) is 2. The number of aromatic hydroxyl groups is 1. The normalized spacial score (nSPS) is 18.3. The van der Waals surface area contributed by atoms with Crippen molar-refractivity contribution in [1.29, 1.82) is 0 Å². The Labute approximate surface area is 193 Å². The molecule has 172 valence electrons. The molecule has 0 aromatic heterocycles. The van der Waals surface area contributed by atoms with Crippen molar-refractivity contribution < 1.29 is 24.2 Å². The van der Waals surface area contributed by atoms with Crippen LogP contribution in [0.15, 0.2) is 24.3 Å². The van der Waals surface area contributed by atoms with E-state index in [0.717, 1.165) is 63.9 Å². The molecule has 0 aliphatic carbocycles. The molecule has 2 amide bonds. The third-order valence-corrected chi connectivity index (χ3v) is 6.97. The number of nitrogens with one attached hydrogen (secondary N) is 1. The standard InChI is InChI=1S/C25H31NO5S/c1-15(32-24(29)26-14-27)12-19-6-8-20(9-7-19)30-13-25(5)11-10-21-18(4)22(28)16(2)17(3)23(21)31-25/h6-9,14-15,28H,10-13H2,1-5H3,(H,26,27,29). The zero-order valence-corrected chi connectivity index (χ0v) is 20.1. The first-order chi connectivity index (χ1) is 15.1. The molecule has 0 spiro atoms. The molecule has 0 radical (unpaired) electrons. The van der Waals surface area contributed by atoms with Crippen molar-refractivity contribution in [2.75, 3.05) is 6.61 Å². The van der Waals surface area contributed by atoms with Crippen LogP contribution in [0.4, 0.5) is 4.79 Å². The van der Waals surface area contributed by atoms with Crippen LogP contribution < -0.4 is 14.8 Å².